The van der Waals surface area contributed by atoms with E-state index in [4.69, 9.17) is 5.73 Å². The fourth-order valence-electron chi connectivity index (χ4n) is 11.2. The van der Waals surface area contributed by atoms with Gasteiger partial charge < -0.3 is 55.1 Å². The molecular formula is C74H138FN9O11. The predicted molar refractivity (Wildman–Crippen MR) is 378 cm³/mol. The molecule has 21 heteroatoms. The summed E-state index contributed by atoms with van der Waals surface area (Å²) >= 11 is 0. The lowest BCUT2D eigenvalue weighted by Crippen LogP contribution is -2.54. The van der Waals surface area contributed by atoms with Gasteiger partial charge >= 0.3 is 0 Å². The molecule has 0 aromatic carbocycles. The molecule has 0 aliphatic carbocycles. The Morgan fingerprint density at radius 1 is 0.274 bits per heavy atom. The van der Waals surface area contributed by atoms with Gasteiger partial charge in [-0.25, -0.2) is 4.39 Å². The van der Waals surface area contributed by atoms with E-state index in [9.17, 15) is 57.8 Å². The average molecular weight is 1350 g/mol. The first kappa shape index (κ1) is 88.1. The first-order valence-corrected chi connectivity index (χ1v) is 35.8. The standard InChI is InChI=1S/C10H18N2O2.C10H19NO2.2C10H19NO.C9H17NO2.C9H17NO.C8H14FNO.C8H15NO/c1-10(2,3)9(14)12-5-4-7(6-12)8(11)13;1-10(2,3)9(13)11-6-4-8(12)5-7-11;2*1-10(2,3)9(12)11-7-5-4-6-8-11;1-9(2,3)8(12)10-5-4-7(11)6-10;1-9(2,3)8(11)10-6-4-5-7-10;1-8(2,3)7(11)10-4-6(9)5-10;1-8(2,3)7(10)9-5-4-6-9/h7H,4-6H2,1-3H3,(H2,11,13);8,12H,4-7H2,1-3H3;2*4-8H2,1-3H3;7,11H,4-6H2,1-3H3;4-7H2,1-3H3;6H,4-5H2,1-3H3;4-6H2,1-3H3. The van der Waals surface area contributed by atoms with Gasteiger partial charge in [-0.1, -0.05) is 166 Å². The normalized spacial score (nSPS) is 20.6. The van der Waals surface area contributed by atoms with Gasteiger partial charge in [0.15, 0.2) is 0 Å². The average Bonchev–Trinajstić information content (AvgIpc) is 1.64. The van der Waals surface area contributed by atoms with E-state index >= 15 is 0 Å². The number of hydrogen-bond acceptors (Lipinski definition) is 11. The molecule has 8 aliphatic rings. The first-order chi connectivity index (χ1) is 43.1. The number of nitrogens with zero attached hydrogens (tertiary/aromatic N) is 8. The van der Waals surface area contributed by atoms with Gasteiger partial charge in [-0.15, -0.1) is 0 Å². The van der Waals surface area contributed by atoms with Gasteiger partial charge in [-0.3, -0.25) is 43.2 Å². The molecule has 8 fully saturated rings. The molecule has 0 radical (unpaired) electrons. The predicted octanol–water partition coefficient (Wildman–Crippen LogP) is 10.2. The minimum atomic E-state index is -0.790. The van der Waals surface area contributed by atoms with Crippen LogP contribution >= 0.6 is 0 Å². The number of carbonyl (C=O) groups excluding carboxylic acids is 9. The number of β-amino-alcohol motifs (C(OH)–C–C–N with tert-alkyl or cyclic N) is 1. The molecule has 0 saturated carbocycles. The Morgan fingerprint density at radius 2 is 0.484 bits per heavy atom. The summed E-state index contributed by atoms with van der Waals surface area (Å²) in [4.78, 5) is 119. The number of piperidine rings is 3. The van der Waals surface area contributed by atoms with E-state index in [-0.39, 0.29) is 104 Å². The molecule has 0 spiro atoms. The van der Waals surface area contributed by atoms with Gasteiger partial charge in [0.1, 0.15) is 6.17 Å². The molecule has 8 saturated heterocycles. The summed E-state index contributed by atoms with van der Waals surface area (Å²) in [5.41, 5.74) is 3.09. The third kappa shape index (κ3) is 32.5. The van der Waals surface area contributed by atoms with Crippen LogP contribution in [-0.4, -0.2) is 226 Å². The third-order valence-corrected chi connectivity index (χ3v) is 17.2. The van der Waals surface area contributed by atoms with Crippen molar-refractivity contribution in [3.8, 4) is 0 Å². The molecule has 4 N–H and O–H groups in total. The molecule has 0 bridgehead atoms. The van der Waals surface area contributed by atoms with E-state index in [2.05, 4.69) is 0 Å². The highest BCUT2D eigenvalue weighted by Crippen LogP contribution is 2.28. The number of primary amides is 1. The fourth-order valence-corrected chi connectivity index (χ4v) is 11.2. The highest BCUT2D eigenvalue weighted by molar-refractivity contribution is 5.86. The number of aliphatic hydroxyl groups excluding tert-OH is 2. The van der Waals surface area contributed by atoms with Crippen molar-refractivity contribution in [2.24, 2.45) is 55.0 Å². The molecule has 8 rings (SSSR count). The molecule has 2 unspecified atom stereocenters. The minimum Gasteiger partial charge on any atom is -0.393 e. The quantitative estimate of drug-likeness (QED) is 0.223. The van der Waals surface area contributed by atoms with Gasteiger partial charge in [0.05, 0.1) is 31.2 Å². The highest BCUT2D eigenvalue weighted by Gasteiger charge is 2.38. The first-order valence-electron chi connectivity index (χ1n) is 35.8. The number of hydrogen-bond donors (Lipinski definition) is 3. The second-order valence-corrected chi connectivity index (χ2v) is 35.5. The van der Waals surface area contributed by atoms with Crippen molar-refractivity contribution in [3.05, 3.63) is 0 Å². The van der Waals surface area contributed by atoms with Crippen molar-refractivity contribution in [3.63, 3.8) is 0 Å². The minimum absolute atomic E-state index is 0.0476. The van der Waals surface area contributed by atoms with Crippen LogP contribution in [0.4, 0.5) is 4.39 Å². The second kappa shape index (κ2) is 37.9. The number of nitrogens with two attached hydrogens (primary N) is 1. The number of likely N-dealkylation sites (tertiary alicyclic amines) is 8. The van der Waals surface area contributed by atoms with Crippen LogP contribution in [0.5, 0.6) is 0 Å². The van der Waals surface area contributed by atoms with Crippen molar-refractivity contribution >= 4 is 53.2 Å². The Labute approximate surface area is 575 Å². The number of alkyl halides is 1. The maximum atomic E-state index is 12.3. The molecule has 8 aliphatic heterocycles. The lowest BCUT2D eigenvalue weighted by Gasteiger charge is -2.38. The maximum Gasteiger partial charge on any atom is 0.228 e. The lowest BCUT2D eigenvalue weighted by molar-refractivity contribution is -0.147. The van der Waals surface area contributed by atoms with Crippen molar-refractivity contribution in [1.82, 2.24) is 39.2 Å². The molecule has 8 heterocycles. The van der Waals surface area contributed by atoms with Crippen LogP contribution in [0, 0.1) is 49.2 Å². The van der Waals surface area contributed by atoms with Gasteiger partial charge in [0, 0.05) is 135 Å². The van der Waals surface area contributed by atoms with E-state index < -0.39 is 6.17 Å². The molecule has 20 nitrogen and oxygen atoms in total. The number of carbonyl (C=O) groups is 9. The van der Waals surface area contributed by atoms with Crippen LogP contribution in [0.25, 0.3) is 0 Å². The van der Waals surface area contributed by atoms with Crippen molar-refractivity contribution in [2.45, 2.75) is 268 Å². The van der Waals surface area contributed by atoms with E-state index in [1.165, 1.54) is 57.8 Å². The summed E-state index contributed by atoms with van der Waals surface area (Å²) < 4.78 is 12.3. The van der Waals surface area contributed by atoms with Crippen LogP contribution in [0.1, 0.15) is 250 Å². The Morgan fingerprint density at radius 3 is 0.705 bits per heavy atom. The maximum absolute atomic E-state index is 12.3. The summed E-state index contributed by atoms with van der Waals surface area (Å²) in [6, 6.07) is 0. The zero-order chi connectivity index (χ0) is 73.6. The van der Waals surface area contributed by atoms with E-state index in [1.807, 2.05) is 191 Å². The topological polar surface area (TPSA) is 246 Å². The lowest BCUT2D eigenvalue weighted by atomic mass is 9.93. The zero-order valence-electron chi connectivity index (χ0n) is 64.4. The summed E-state index contributed by atoms with van der Waals surface area (Å²) in [6.07, 6.45) is 12.4. The molecule has 9 amide bonds. The van der Waals surface area contributed by atoms with Crippen LogP contribution < -0.4 is 5.73 Å². The summed E-state index contributed by atoms with van der Waals surface area (Å²) in [5.74, 6) is 1.24. The number of halogens is 1. The van der Waals surface area contributed by atoms with Crippen LogP contribution in [-0.2, 0) is 43.2 Å². The van der Waals surface area contributed by atoms with E-state index in [0.29, 0.717) is 69.3 Å². The van der Waals surface area contributed by atoms with Crippen LogP contribution in [0.3, 0.4) is 0 Å². The van der Waals surface area contributed by atoms with Crippen molar-refractivity contribution < 1.29 is 57.8 Å². The smallest absolute Gasteiger partial charge is 0.228 e. The Bertz CT molecular complexity index is 2340. The van der Waals surface area contributed by atoms with Crippen molar-refractivity contribution in [2.75, 3.05) is 105 Å². The van der Waals surface area contributed by atoms with Gasteiger partial charge in [-0.05, 0) is 83.5 Å². The highest BCUT2D eigenvalue weighted by atomic mass is 19.1. The molecule has 2 atom stereocenters. The van der Waals surface area contributed by atoms with Crippen LogP contribution in [0.2, 0.25) is 0 Å². The summed E-state index contributed by atoms with van der Waals surface area (Å²) in [6.45, 7) is 58.6. The fraction of sp³-hybridized carbons (Fsp3) is 0.878. The summed E-state index contributed by atoms with van der Waals surface area (Å²) in [5, 5.41) is 18.5. The number of rotatable bonds is 1. The molecule has 95 heavy (non-hydrogen) atoms. The Kier molecular flexibility index (Phi) is 35.1. The van der Waals surface area contributed by atoms with Gasteiger partial charge in [0.2, 0.25) is 53.2 Å². The summed E-state index contributed by atoms with van der Waals surface area (Å²) in [7, 11) is 0. The van der Waals surface area contributed by atoms with Gasteiger partial charge in [0.25, 0.3) is 0 Å². The van der Waals surface area contributed by atoms with E-state index in [0.717, 1.165) is 71.6 Å². The largest absolute Gasteiger partial charge is 0.393 e. The third-order valence-electron chi connectivity index (χ3n) is 17.2. The number of amides is 9. The Hall–Kier alpha value is -4.92. The molecule has 0 aromatic rings. The monoisotopic (exact) mass is 1350 g/mol. The SMILES string of the molecule is CC(C)(C)C(=O)N1CC(F)C1.CC(C)(C)C(=O)N1CCC(C(N)=O)C1.CC(C)(C)C(=O)N1CCC(O)C1.CC(C)(C)C(=O)N1CCC(O)CC1.CC(C)(C)C(=O)N1CCC1.CC(C)(C)C(=O)N1CCCC1.CC(C)(C)C(=O)N1CCCCC1.CC(C)(C)C(=O)N1CCCCC1. The number of aliphatic hydroxyl groups is 2. The zero-order valence-corrected chi connectivity index (χ0v) is 64.4. The van der Waals surface area contributed by atoms with Gasteiger partial charge in [-0.2, -0.15) is 0 Å². The van der Waals surface area contributed by atoms with E-state index in [1.54, 1.807) is 14.7 Å². The molecule has 552 valence electrons. The Balaban J connectivity index is 0.000000544. The van der Waals surface area contributed by atoms with Crippen molar-refractivity contribution in [1.29, 1.82) is 0 Å². The molecular weight excluding hydrogens is 1210 g/mol. The van der Waals surface area contributed by atoms with Crippen LogP contribution in [0.15, 0.2) is 0 Å². The molecule has 0 aromatic heterocycles. The second-order valence-electron chi connectivity index (χ2n) is 35.5.